The van der Waals surface area contributed by atoms with E-state index in [1.165, 1.54) is 37.4 Å². The van der Waals surface area contributed by atoms with Crippen molar-refractivity contribution in [2.45, 2.75) is 13.0 Å². The number of esters is 1. The number of carbonyl (C=O) groups excluding carboxylic acids is 1. The molecule has 0 unspecified atom stereocenters. The number of benzene rings is 2. The molecular weight excluding hydrogens is 297 g/mol. The van der Waals surface area contributed by atoms with Crippen molar-refractivity contribution in [3.63, 3.8) is 0 Å². The Labute approximate surface area is 125 Å². The van der Waals surface area contributed by atoms with Crippen LogP contribution in [0.2, 0.25) is 0 Å². The van der Waals surface area contributed by atoms with E-state index in [1.807, 2.05) is 0 Å². The Bertz CT molecular complexity index is 693. The third kappa shape index (κ3) is 3.78. The number of carbonyl (C=O) groups is 1. The van der Waals surface area contributed by atoms with Gasteiger partial charge in [-0.15, -0.1) is 0 Å². The summed E-state index contributed by atoms with van der Waals surface area (Å²) in [4.78, 5) is 11.5. The first kappa shape index (κ1) is 15.9. The van der Waals surface area contributed by atoms with E-state index in [-0.39, 0.29) is 16.9 Å². The molecule has 0 aliphatic carbocycles. The minimum absolute atomic E-state index is 0.0573. The predicted octanol–water partition coefficient (Wildman–Crippen LogP) is 4.27. The molecule has 0 spiro atoms. The van der Waals surface area contributed by atoms with Gasteiger partial charge in [-0.3, -0.25) is 0 Å². The van der Waals surface area contributed by atoms with Crippen LogP contribution in [-0.4, -0.2) is 19.2 Å². The second-order valence-corrected chi connectivity index (χ2v) is 4.62. The average molecular weight is 310 g/mol. The van der Waals surface area contributed by atoms with Crippen molar-refractivity contribution in [2.75, 3.05) is 7.11 Å². The fourth-order valence-corrected chi connectivity index (χ4v) is 1.94. The molecule has 0 heterocycles. The van der Waals surface area contributed by atoms with Gasteiger partial charge in [-0.25, -0.2) is 9.18 Å². The van der Waals surface area contributed by atoms with Crippen molar-refractivity contribution in [1.82, 2.24) is 0 Å². The largest absolute Gasteiger partial charge is 0.465 e. The maximum absolute atomic E-state index is 13.3. The zero-order valence-corrected chi connectivity index (χ0v) is 11.9. The summed E-state index contributed by atoms with van der Waals surface area (Å²) in [5.74, 6) is -1.43. The molecule has 0 fully saturated rings. The van der Waals surface area contributed by atoms with Crippen LogP contribution >= 0.6 is 0 Å². The second-order valence-electron chi connectivity index (χ2n) is 4.62. The van der Waals surface area contributed by atoms with Crippen LogP contribution in [0.15, 0.2) is 42.5 Å². The SMILES string of the molecule is COC(=O)c1ccc(-c2cccc(F)c2)c(OC(C)(F)F)c1. The summed E-state index contributed by atoms with van der Waals surface area (Å²) in [6.45, 7) is 0.577. The summed E-state index contributed by atoms with van der Waals surface area (Å²) in [5.41, 5.74) is 0.659. The van der Waals surface area contributed by atoms with Crippen LogP contribution in [-0.2, 0) is 4.74 Å². The molecule has 3 nitrogen and oxygen atoms in total. The maximum atomic E-state index is 13.3. The van der Waals surface area contributed by atoms with Crippen LogP contribution in [0, 0.1) is 5.82 Å². The molecule has 0 aromatic heterocycles. The first-order chi connectivity index (χ1) is 10.3. The highest BCUT2D eigenvalue weighted by Gasteiger charge is 2.26. The van der Waals surface area contributed by atoms with E-state index < -0.39 is 17.9 Å². The van der Waals surface area contributed by atoms with Gasteiger partial charge in [-0.05, 0) is 35.9 Å². The van der Waals surface area contributed by atoms with Crippen molar-refractivity contribution in [2.24, 2.45) is 0 Å². The molecule has 0 N–H and O–H groups in total. The molecule has 2 rings (SSSR count). The van der Waals surface area contributed by atoms with Gasteiger partial charge < -0.3 is 9.47 Å². The maximum Gasteiger partial charge on any atom is 0.394 e. The zero-order chi connectivity index (χ0) is 16.3. The number of methoxy groups -OCH3 is 1. The van der Waals surface area contributed by atoms with Crippen molar-refractivity contribution in [3.8, 4) is 16.9 Å². The van der Waals surface area contributed by atoms with E-state index in [9.17, 15) is 18.0 Å². The van der Waals surface area contributed by atoms with Gasteiger partial charge in [0, 0.05) is 12.5 Å². The summed E-state index contributed by atoms with van der Waals surface area (Å²) in [6, 6.07) is 9.37. The smallest absolute Gasteiger partial charge is 0.394 e. The first-order valence-corrected chi connectivity index (χ1v) is 6.35. The fourth-order valence-electron chi connectivity index (χ4n) is 1.94. The molecule has 2 aromatic rings. The van der Waals surface area contributed by atoms with Crippen LogP contribution < -0.4 is 4.74 Å². The summed E-state index contributed by atoms with van der Waals surface area (Å²) < 4.78 is 48.8. The van der Waals surface area contributed by atoms with Crippen LogP contribution in [0.5, 0.6) is 5.75 Å². The molecule has 0 aliphatic heterocycles. The minimum Gasteiger partial charge on any atom is -0.465 e. The average Bonchev–Trinajstić information content (AvgIpc) is 2.44. The van der Waals surface area contributed by atoms with Gasteiger partial charge in [-0.1, -0.05) is 12.1 Å². The van der Waals surface area contributed by atoms with E-state index in [0.717, 1.165) is 6.07 Å². The Morgan fingerprint density at radius 1 is 1.14 bits per heavy atom. The highest BCUT2D eigenvalue weighted by Crippen LogP contribution is 2.34. The molecule has 0 saturated heterocycles. The van der Waals surface area contributed by atoms with Crippen molar-refractivity contribution >= 4 is 5.97 Å². The molecule has 0 aliphatic rings. The van der Waals surface area contributed by atoms with Crippen LogP contribution in [0.25, 0.3) is 11.1 Å². The lowest BCUT2D eigenvalue weighted by molar-refractivity contribution is -0.158. The normalized spacial score (nSPS) is 11.1. The number of halogens is 3. The molecule has 116 valence electrons. The minimum atomic E-state index is -3.45. The molecule has 0 bridgehead atoms. The quantitative estimate of drug-likeness (QED) is 0.791. The van der Waals surface area contributed by atoms with Crippen LogP contribution in [0.4, 0.5) is 13.2 Å². The molecule has 6 heteroatoms. The summed E-state index contributed by atoms with van der Waals surface area (Å²) in [5, 5.41) is 0. The van der Waals surface area contributed by atoms with Gasteiger partial charge in [0.2, 0.25) is 0 Å². The first-order valence-electron chi connectivity index (χ1n) is 6.35. The van der Waals surface area contributed by atoms with E-state index in [2.05, 4.69) is 9.47 Å². The van der Waals surface area contributed by atoms with Gasteiger partial charge in [0.05, 0.1) is 12.7 Å². The lowest BCUT2D eigenvalue weighted by Crippen LogP contribution is -2.20. The lowest BCUT2D eigenvalue weighted by Gasteiger charge is -2.17. The van der Waals surface area contributed by atoms with Gasteiger partial charge in [0.1, 0.15) is 11.6 Å². The van der Waals surface area contributed by atoms with E-state index in [4.69, 9.17) is 0 Å². The Morgan fingerprint density at radius 2 is 1.86 bits per heavy atom. The molecular formula is C16H13F3O3. The van der Waals surface area contributed by atoms with Crippen molar-refractivity contribution in [3.05, 3.63) is 53.8 Å². The lowest BCUT2D eigenvalue weighted by atomic mass is 10.0. The second kappa shape index (κ2) is 6.09. The van der Waals surface area contributed by atoms with Gasteiger partial charge >= 0.3 is 12.1 Å². The standard InChI is InChI=1S/C16H13F3O3/c1-16(18,19)22-14-9-11(15(20)21-2)6-7-13(14)10-4-3-5-12(17)8-10/h3-9H,1-2H3. The Balaban J connectivity index is 2.55. The number of hydrogen-bond acceptors (Lipinski definition) is 3. The van der Waals surface area contributed by atoms with Crippen LogP contribution in [0.3, 0.4) is 0 Å². The Hall–Kier alpha value is -2.50. The Kier molecular flexibility index (Phi) is 4.40. The number of ether oxygens (including phenoxy) is 2. The molecule has 0 atom stereocenters. The number of hydrogen-bond donors (Lipinski definition) is 0. The third-order valence-corrected chi connectivity index (χ3v) is 2.83. The Morgan fingerprint density at radius 3 is 2.45 bits per heavy atom. The van der Waals surface area contributed by atoms with Gasteiger partial charge in [0.25, 0.3) is 0 Å². The van der Waals surface area contributed by atoms with Crippen molar-refractivity contribution < 1.29 is 27.4 Å². The summed E-state index contributed by atoms with van der Waals surface area (Å²) in [7, 11) is 1.18. The monoisotopic (exact) mass is 310 g/mol. The molecule has 0 radical (unpaired) electrons. The van der Waals surface area contributed by atoms with E-state index >= 15 is 0 Å². The van der Waals surface area contributed by atoms with Crippen molar-refractivity contribution in [1.29, 1.82) is 0 Å². The number of rotatable bonds is 4. The number of alkyl halides is 2. The predicted molar refractivity (Wildman–Crippen MR) is 74.4 cm³/mol. The topological polar surface area (TPSA) is 35.5 Å². The summed E-state index contributed by atoms with van der Waals surface area (Å²) >= 11 is 0. The van der Waals surface area contributed by atoms with Crippen LogP contribution in [0.1, 0.15) is 17.3 Å². The molecule has 2 aromatic carbocycles. The highest BCUT2D eigenvalue weighted by atomic mass is 19.3. The summed E-state index contributed by atoms with van der Waals surface area (Å²) in [6.07, 6.45) is -3.45. The highest BCUT2D eigenvalue weighted by molar-refractivity contribution is 5.91. The molecule has 0 saturated carbocycles. The zero-order valence-electron chi connectivity index (χ0n) is 11.9. The van der Waals surface area contributed by atoms with E-state index in [0.29, 0.717) is 12.5 Å². The van der Waals surface area contributed by atoms with Gasteiger partial charge in [0.15, 0.2) is 0 Å². The fraction of sp³-hybridized carbons (Fsp3) is 0.188. The molecule has 0 amide bonds. The molecule has 22 heavy (non-hydrogen) atoms. The van der Waals surface area contributed by atoms with E-state index in [1.54, 1.807) is 6.07 Å². The van der Waals surface area contributed by atoms with Gasteiger partial charge in [-0.2, -0.15) is 8.78 Å². The third-order valence-electron chi connectivity index (χ3n) is 2.83.